The van der Waals surface area contributed by atoms with Crippen LogP contribution in [0.4, 0.5) is 0 Å². The van der Waals surface area contributed by atoms with Gasteiger partial charge >= 0.3 is 5.97 Å². The normalized spacial score (nSPS) is 17.5. The van der Waals surface area contributed by atoms with E-state index in [4.69, 9.17) is 9.47 Å². The number of esters is 1. The van der Waals surface area contributed by atoms with Crippen molar-refractivity contribution in [1.29, 1.82) is 0 Å². The highest BCUT2D eigenvalue weighted by Gasteiger charge is 2.29. The summed E-state index contributed by atoms with van der Waals surface area (Å²) >= 11 is 0. The Morgan fingerprint density at radius 1 is 1.47 bits per heavy atom. The van der Waals surface area contributed by atoms with Gasteiger partial charge in [-0.1, -0.05) is 19.4 Å². The Hall–Kier alpha value is -1.71. The number of benzene rings is 1. The summed E-state index contributed by atoms with van der Waals surface area (Å²) in [7, 11) is 0. The standard InChI is InChI=1S/C15H20O4/c1-3-5-11-12(16)8-6-10-7-9-13(19-14(10)11)15(17)18-4-2/h6,8,13,16H,3-5,7,9H2,1-2H3/t13-/m0/s1. The van der Waals surface area contributed by atoms with Crippen molar-refractivity contribution < 1.29 is 19.4 Å². The van der Waals surface area contributed by atoms with E-state index in [0.29, 0.717) is 18.8 Å². The molecule has 1 aliphatic rings. The fourth-order valence-electron chi connectivity index (χ4n) is 2.39. The molecule has 0 fully saturated rings. The first kappa shape index (κ1) is 13.7. The number of aromatic hydroxyl groups is 1. The van der Waals surface area contributed by atoms with E-state index in [-0.39, 0.29) is 11.7 Å². The van der Waals surface area contributed by atoms with Crippen LogP contribution in [0.25, 0.3) is 0 Å². The molecule has 0 bridgehead atoms. The molecule has 1 N–H and O–H groups in total. The highest BCUT2D eigenvalue weighted by atomic mass is 16.6. The topological polar surface area (TPSA) is 55.8 Å². The third-order valence-corrected chi connectivity index (χ3v) is 3.30. The number of carbonyl (C=O) groups excluding carboxylic acids is 1. The van der Waals surface area contributed by atoms with Crippen molar-refractivity contribution >= 4 is 5.97 Å². The Morgan fingerprint density at radius 3 is 2.95 bits per heavy atom. The average molecular weight is 264 g/mol. The highest BCUT2D eigenvalue weighted by Crippen LogP contribution is 2.37. The molecule has 19 heavy (non-hydrogen) atoms. The molecule has 1 aromatic rings. The lowest BCUT2D eigenvalue weighted by molar-refractivity contribution is -0.152. The van der Waals surface area contributed by atoms with Gasteiger partial charge in [-0.05, 0) is 37.8 Å². The summed E-state index contributed by atoms with van der Waals surface area (Å²) in [4.78, 5) is 11.8. The first-order chi connectivity index (χ1) is 9.17. The van der Waals surface area contributed by atoms with Gasteiger partial charge in [0, 0.05) is 5.56 Å². The van der Waals surface area contributed by atoms with Gasteiger partial charge in [-0.25, -0.2) is 4.79 Å². The van der Waals surface area contributed by atoms with Crippen molar-refractivity contribution in [3.05, 3.63) is 23.3 Å². The Balaban J connectivity index is 2.27. The number of ether oxygens (including phenoxy) is 2. The van der Waals surface area contributed by atoms with Crippen molar-refractivity contribution in [2.75, 3.05) is 6.61 Å². The minimum atomic E-state index is -0.551. The third-order valence-electron chi connectivity index (χ3n) is 3.30. The number of carbonyl (C=O) groups is 1. The molecule has 0 saturated heterocycles. The molecule has 0 amide bonds. The summed E-state index contributed by atoms with van der Waals surface area (Å²) in [5.41, 5.74) is 1.86. The quantitative estimate of drug-likeness (QED) is 0.849. The fraction of sp³-hybridized carbons (Fsp3) is 0.533. The fourth-order valence-corrected chi connectivity index (χ4v) is 2.39. The van der Waals surface area contributed by atoms with Crippen LogP contribution < -0.4 is 4.74 Å². The van der Waals surface area contributed by atoms with E-state index in [9.17, 15) is 9.90 Å². The lowest BCUT2D eigenvalue weighted by Gasteiger charge is -2.27. The molecule has 1 heterocycles. The lowest BCUT2D eigenvalue weighted by Crippen LogP contribution is -2.33. The molecule has 1 aromatic carbocycles. The Bertz CT molecular complexity index is 467. The number of rotatable bonds is 4. The number of hydrogen-bond acceptors (Lipinski definition) is 4. The molecule has 0 unspecified atom stereocenters. The predicted molar refractivity (Wildman–Crippen MR) is 71.5 cm³/mol. The second kappa shape index (κ2) is 5.95. The molecule has 0 radical (unpaired) electrons. The Labute approximate surface area is 113 Å². The molecule has 0 saturated carbocycles. The van der Waals surface area contributed by atoms with Crippen molar-refractivity contribution in [3.63, 3.8) is 0 Å². The molecule has 2 rings (SSSR count). The third kappa shape index (κ3) is 2.83. The summed E-state index contributed by atoms with van der Waals surface area (Å²) in [5, 5.41) is 9.93. The second-order valence-corrected chi connectivity index (χ2v) is 4.70. The Morgan fingerprint density at radius 2 is 2.26 bits per heavy atom. The van der Waals surface area contributed by atoms with E-state index in [1.807, 2.05) is 13.0 Å². The summed E-state index contributed by atoms with van der Waals surface area (Å²) < 4.78 is 10.8. The molecule has 0 aromatic heterocycles. The van der Waals surface area contributed by atoms with Crippen LogP contribution in [-0.4, -0.2) is 23.8 Å². The van der Waals surface area contributed by atoms with Gasteiger partial charge in [0.05, 0.1) is 6.61 Å². The van der Waals surface area contributed by atoms with Gasteiger partial charge in [-0.2, -0.15) is 0 Å². The highest BCUT2D eigenvalue weighted by molar-refractivity contribution is 5.76. The van der Waals surface area contributed by atoms with Crippen LogP contribution in [0.1, 0.15) is 37.8 Å². The summed E-state index contributed by atoms with van der Waals surface area (Å²) in [6, 6.07) is 3.57. The van der Waals surface area contributed by atoms with Crippen molar-refractivity contribution in [2.24, 2.45) is 0 Å². The van der Waals surface area contributed by atoms with Crippen molar-refractivity contribution in [2.45, 2.75) is 45.6 Å². The molecule has 0 aliphatic carbocycles. The maximum Gasteiger partial charge on any atom is 0.347 e. The number of aryl methyl sites for hydroxylation is 1. The monoisotopic (exact) mass is 264 g/mol. The van der Waals surface area contributed by atoms with E-state index >= 15 is 0 Å². The number of hydrogen-bond donors (Lipinski definition) is 1. The first-order valence-corrected chi connectivity index (χ1v) is 6.84. The van der Waals surface area contributed by atoms with Gasteiger partial charge in [0.25, 0.3) is 0 Å². The zero-order valence-electron chi connectivity index (χ0n) is 11.4. The first-order valence-electron chi connectivity index (χ1n) is 6.84. The average Bonchev–Trinajstić information content (AvgIpc) is 2.42. The number of fused-ring (bicyclic) bond motifs is 1. The zero-order chi connectivity index (χ0) is 13.8. The van der Waals surface area contributed by atoms with Crippen LogP contribution >= 0.6 is 0 Å². The van der Waals surface area contributed by atoms with E-state index in [1.54, 1.807) is 13.0 Å². The molecular formula is C15H20O4. The SMILES string of the molecule is CCCc1c(O)ccc2c1O[C@H](C(=O)OCC)CC2. The van der Waals surface area contributed by atoms with E-state index in [1.165, 1.54) is 0 Å². The van der Waals surface area contributed by atoms with Crippen molar-refractivity contribution in [3.8, 4) is 11.5 Å². The largest absolute Gasteiger partial charge is 0.508 e. The second-order valence-electron chi connectivity index (χ2n) is 4.70. The molecular weight excluding hydrogens is 244 g/mol. The van der Waals surface area contributed by atoms with Crippen LogP contribution in [0.3, 0.4) is 0 Å². The van der Waals surface area contributed by atoms with Gasteiger partial charge < -0.3 is 14.6 Å². The van der Waals surface area contributed by atoms with Crippen molar-refractivity contribution in [1.82, 2.24) is 0 Å². The lowest BCUT2D eigenvalue weighted by atomic mass is 9.96. The van der Waals surface area contributed by atoms with E-state index in [0.717, 1.165) is 30.4 Å². The van der Waals surface area contributed by atoms with Crippen LogP contribution in [0.15, 0.2) is 12.1 Å². The molecule has 0 spiro atoms. The van der Waals surface area contributed by atoms with Crippen LogP contribution in [0.2, 0.25) is 0 Å². The molecule has 4 heteroatoms. The smallest absolute Gasteiger partial charge is 0.347 e. The minimum Gasteiger partial charge on any atom is -0.508 e. The summed E-state index contributed by atoms with van der Waals surface area (Å²) in [5.74, 6) is 0.593. The van der Waals surface area contributed by atoms with Crippen LogP contribution in [0, 0.1) is 0 Å². The van der Waals surface area contributed by atoms with Gasteiger partial charge in [0.15, 0.2) is 6.10 Å². The van der Waals surface area contributed by atoms with E-state index in [2.05, 4.69) is 0 Å². The van der Waals surface area contributed by atoms with Crippen LogP contribution in [-0.2, 0) is 22.4 Å². The molecule has 4 nitrogen and oxygen atoms in total. The minimum absolute atomic E-state index is 0.241. The molecule has 1 atom stereocenters. The van der Waals surface area contributed by atoms with Crippen LogP contribution in [0.5, 0.6) is 11.5 Å². The van der Waals surface area contributed by atoms with Gasteiger partial charge in [0.2, 0.25) is 0 Å². The molecule has 104 valence electrons. The maximum atomic E-state index is 11.8. The zero-order valence-corrected chi connectivity index (χ0v) is 11.4. The van der Waals surface area contributed by atoms with Gasteiger partial charge in [-0.3, -0.25) is 0 Å². The van der Waals surface area contributed by atoms with E-state index < -0.39 is 6.10 Å². The van der Waals surface area contributed by atoms with Gasteiger partial charge in [-0.15, -0.1) is 0 Å². The summed E-state index contributed by atoms with van der Waals surface area (Å²) in [6.45, 7) is 4.18. The number of phenols is 1. The summed E-state index contributed by atoms with van der Waals surface area (Å²) in [6.07, 6.45) is 2.50. The van der Waals surface area contributed by atoms with Gasteiger partial charge in [0.1, 0.15) is 11.5 Å². The maximum absolute atomic E-state index is 11.8. The number of phenolic OH excluding ortho intramolecular Hbond substituents is 1. The Kier molecular flexibility index (Phi) is 4.30. The predicted octanol–water partition coefficient (Wildman–Crippen LogP) is 2.60. The molecule has 1 aliphatic heterocycles.